The van der Waals surface area contributed by atoms with Gasteiger partial charge in [-0.3, -0.25) is 4.18 Å². The fraction of sp³-hybridized carbons (Fsp3) is 1.00. The Morgan fingerprint density at radius 3 is 1.58 bits per heavy atom. The standard InChI is InChI=1S/C12H26O10S2/c1-23(13,14)18-12-10-8-6-4-3-5-7-9-11-17-19-20-21-22-24(2,15)16/h3-12H2,1-2H3. The zero-order valence-corrected chi connectivity index (χ0v) is 15.6. The predicted octanol–water partition coefficient (Wildman–Crippen LogP) is 1.79. The topological polar surface area (TPSA) is 124 Å². The molecule has 0 atom stereocenters. The first-order valence-corrected chi connectivity index (χ1v) is 11.2. The summed E-state index contributed by atoms with van der Waals surface area (Å²) in [5, 5.41) is 11.7. The Morgan fingerprint density at radius 1 is 0.583 bits per heavy atom. The highest BCUT2D eigenvalue weighted by Crippen LogP contribution is 2.09. The van der Waals surface area contributed by atoms with E-state index in [9.17, 15) is 16.8 Å². The number of hydrogen-bond acceptors (Lipinski definition) is 10. The molecule has 12 heteroatoms. The van der Waals surface area contributed by atoms with Gasteiger partial charge in [0, 0.05) is 0 Å². The van der Waals surface area contributed by atoms with Crippen LogP contribution in [0.4, 0.5) is 0 Å². The summed E-state index contributed by atoms with van der Waals surface area (Å²) in [7, 11) is -7.09. The zero-order valence-electron chi connectivity index (χ0n) is 14.0. The highest BCUT2D eigenvalue weighted by Gasteiger charge is 2.03. The Bertz CT molecular complexity index is 442. The summed E-state index contributed by atoms with van der Waals surface area (Å²) >= 11 is 0. The monoisotopic (exact) mass is 394 g/mol. The molecule has 0 saturated heterocycles. The zero-order chi connectivity index (χ0) is 18.3. The van der Waals surface area contributed by atoms with Gasteiger partial charge >= 0.3 is 0 Å². The molecule has 24 heavy (non-hydrogen) atoms. The maximum atomic E-state index is 10.7. The summed E-state index contributed by atoms with van der Waals surface area (Å²) < 4.78 is 50.7. The van der Waals surface area contributed by atoms with Crippen LogP contribution in [0, 0.1) is 0 Å². The molecular weight excluding hydrogens is 368 g/mol. The van der Waals surface area contributed by atoms with Gasteiger partial charge in [-0.1, -0.05) is 42.9 Å². The molecule has 0 rings (SSSR count). The third-order valence-corrected chi connectivity index (χ3v) is 3.57. The van der Waals surface area contributed by atoms with E-state index in [1.165, 1.54) is 0 Å². The highest BCUT2D eigenvalue weighted by molar-refractivity contribution is 7.86. The molecule has 0 aromatic heterocycles. The lowest BCUT2D eigenvalue weighted by molar-refractivity contribution is -0.691. The SMILES string of the molecule is CS(=O)(=O)OCCCCCCCCCCOOOOOS(C)(=O)=O. The van der Waals surface area contributed by atoms with E-state index in [2.05, 4.69) is 28.5 Å². The summed E-state index contributed by atoms with van der Waals surface area (Å²) in [4.78, 5) is 4.56. The molecule has 0 radical (unpaired) electrons. The minimum Gasteiger partial charge on any atom is -0.270 e. The molecule has 0 fully saturated rings. The van der Waals surface area contributed by atoms with Crippen LogP contribution in [0.5, 0.6) is 0 Å². The Labute approximate surface area is 143 Å². The molecule has 0 aliphatic heterocycles. The molecule has 0 aromatic rings. The van der Waals surface area contributed by atoms with Gasteiger partial charge < -0.3 is 0 Å². The van der Waals surface area contributed by atoms with Gasteiger partial charge in [-0.2, -0.15) is 16.8 Å². The van der Waals surface area contributed by atoms with Crippen molar-refractivity contribution in [3.8, 4) is 0 Å². The van der Waals surface area contributed by atoms with E-state index in [0.717, 1.165) is 63.9 Å². The van der Waals surface area contributed by atoms with Crippen LogP contribution in [-0.2, 0) is 48.8 Å². The first kappa shape index (κ1) is 23.7. The third-order valence-electron chi connectivity index (χ3n) is 2.67. The van der Waals surface area contributed by atoms with Crippen molar-refractivity contribution in [2.75, 3.05) is 25.7 Å². The van der Waals surface area contributed by atoms with Crippen LogP contribution >= 0.6 is 0 Å². The quantitative estimate of drug-likeness (QED) is 0.156. The summed E-state index contributed by atoms with van der Waals surface area (Å²) in [6, 6.07) is 0. The normalized spacial score (nSPS) is 12.6. The summed E-state index contributed by atoms with van der Waals surface area (Å²) in [5.74, 6) is 0. The fourth-order valence-corrected chi connectivity index (χ4v) is 2.21. The van der Waals surface area contributed by atoms with Gasteiger partial charge in [0.2, 0.25) is 0 Å². The number of rotatable bonds is 17. The van der Waals surface area contributed by atoms with E-state index in [0.29, 0.717) is 0 Å². The van der Waals surface area contributed by atoms with Crippen LogP contribution in [-0.4, -0.2) is 42.6 Å². The van der Waals surface area contributed by atoms with Gasteiger partial charge in [0.15, 0.2) is 0 Å². The third kappa shape index (κ3) is 21.7. The first-order valence-electron chi connectivity index (χ1n) is 7.56. The fourth-order valence-electron chi connectivity index (χ4n) is 1.66. The molecule has 0 spiro atoms. The molecule has 0 unspecified atom stereocenters. The van der Waals surface area contributed by atoms with Crippen LogP contribution in [0.1, 0.15) is 51.4 Å². The molecule has 0 aromatic carbocycles. The van der Waals surface area contributed by atoms with Gasteiger partial charge in [0.05, 0.1) is 25.7 Å². The van der Waals surface area contributed by atoms with Crippen LogP contribution in [0.2, 0.25) is 0 Å². The van der Waals surface area contributed by atoms with E-state index >= 15 is 0 Å². The van der Waals surface area contributed by atoms with Crippen molar-refractivity contribution in [3.63, 3.8) is 0 Å². The van der Waals surface area contributed by atoms with E-state index in [1.54, 1.807) is 0 Å². The van der Waals surface area contributed by atoms with Gasteiger partial charge in [-0.05, 0) is 28.0 Å². The van der Waals surface area contributed by atoms with Crippen LogP contribution in [0.15, 0.2) is 0 Å². The smallest absolute Gasteiger partial charge is 0.270 e. The summed E-state index contributed by atoms with van der Waals surface area (Å²) in [6.07, 6.45) is 9.44. The van der Waals surface area contributed by atoms with Gasteiger partial charge in [0.25, 0.3) is 20.2 Å². The second kappa shape index (κ2) is 13.9. The van der Waals surface area contributed by atoms with Crippen molar-refractivity contribution >= 4 is 20.2 Å². The molecule has 0 bridgehead atoms. The minimum atomic E-state index is -3.77. The van der Waals surface area contributed by atoms with E-state index in [4.69, 9.17) is 0 Å². The lowest BCUT2D eigenvalue weighted by Gasteiger charge is -2.03. The van der Waals surface area contributed by atoms with E-state index in [-0.39, 0.29) is 13.2 Å². The lowest BCUT2D eigenvalue weighted by atomic mass is 10.1. The van der Waals surface area contributed by atoms with Crippen LogP contribution < -0.4 is 0 Å². The van der Waals surface area contributed by atoms with Crippen LogP contribution in [0.25, 0.3) is 0 Å². The van der Waals surface area contributed by atoms with Crippen molar-refractivity contribution in [2.45, 2.75) is 51.4 Å². The summed E-state index contributed by atoms with van der Waals surface area (Å²) in [6.45, 7) is 0.516. The minimum absolute atomic E-state index is 0.247. The van der Waals surface area contributed by atoms with Crippen LogP contribution in [0.3, 0.4) is 0 Å². The Morgan fingerprint density at radius 2 is 1.08 bits per heavy atom. The second-order valence-corrected chi connectivity index (χ2v) is 8.34. The van der Waals surface area contributed by atoms with Gasteiger partial charge in [-0.15, -0.1) is 0 Å². The predicted molar refractivity (Wildman–Crippen MR) is 82.9 cm³/mol. The van der Waals surface area contributed by atoms with Gasteiger partial charge in [0.1, 0.15) is 0 Å². The highest BCUT2D eigenvalue weighted by atomic mass is 32.2. The molecule has 0 aliphatic carbocycles. The molecule has 0 aliphatic rings. The van der Waals surface area contributed by atoms with E-state index < -0.39 is 20.2 Å². The Hall–Kier alpha value is -0.340. The van der Waals surface area contributed by atoms with Crippen molar-refractivity contribution in [2.24, 2.45) is 0 Å². The van der Waals surface area contributed by atoms with Crippen molar-refractivity contribution < 1.29 is 45.4 Å². The van der Waals surface area contributed by atoms with Crippen molar-refractivity contribution in [3.05, 3.63) is 0 Å². The molecule has 0 amide bonds. The molecule has 146 valence electrons. The number of unbranched alkanes of at least 4 members (excludes halogenated alkanes) is 7. The molecule has 0 saturated carbocycles. The molecule has 0 N–H and O–H groups in total. The maximum absolute atomic E-state index is 10.7. The van der Waals surface area contributed by atoms with Gasteiger partial charge in [-0.25, -0.2) is 4.89 Å². The molecule has 0 heterocycles. The first-order chi connectivity index (χ1) is 11.2. The molecule has 10 nitrogen and oxygen atoms in total. The summed E-state index contributed by atoms with van der Waals surface area (Å²) in [5.41, 5.74) is 0. The number of hydrogen-bond donors (Lipinski definition) is 0. The average Bonchev–Trinajstić information content (AvgIpc) is 2.44. The van der Waals surface area contributed by atoms with Crippen molar-refractivity contribution in [1.82, 2.24) is 0 Å². The molecular formula is C12H26O10S2. The van der Waals surface area contributed by atoms with E-state index in [1.807, 2.05) is 0 Å². The average molecular weight is 394 g/mol. The largest absolute Gasteiger partial charge is 0.293 e. The maximum Gasteiger partial charge on any atom is 0.293 e. The Kier molecular flexibility index (Phi) is 13.7. The Balaban J connectivity index is 3.13. The van der Waals surface area contributed by atoms with Crippen molar-refractivity contribution in [1.29, 1.82) is 0 Å². The lowest BCUT2D eigenvalue weighted by Crippen LogP contribution is -2.06. The second-order valence-electron chi connectivity index (χ2n) is 5.15.